The van der Waals surface area contributed by atoms with Crippen molar-refractivity contribution in [1.29, 1.82) is 0 Å². The van der Waals surface area contributed by atoms with Gasteiger partial charge in [-0.25, -0.2) is 0 Å². The average molecular weight is 292 g/mol. The van der Waals surface area contributed by atoms with Gasteiger partial charge in [-0.1, -0.05) is 29.8 Å². The van der Waals surface area contributed by atoms with Gasteiger partial charge in [-0.2, -0.15) is 0 Å². The van der Waals surface area contributed by atoms with Gasteiger partial charge in [-0.15, -0.1) is 11.3 Å². The van der Waals surface area contributed by atoms with E-state index in [0.29, 0.717) is 5.02 Å². The molecule has 0 spiro atoms. The zero-order valence-corrected chi connectivity index (χ0v) is 12.0. The minimum absolute atomic E-state index is 0.248. The quantitative estimate of drug-likeness (QED) is 0.804. The van der Waals surface area contributed by atoms with E-state index in [-0.39, 0.29) is 6.04 Å². The average Bonchev–Trinajstić information content (AvgIpc) is 2.89. The van der Waals surface area contributed by atoms with E-state index >= 15 is 0 Å². The summed E-state index contributed by atoms with van der Waals surface area (Å²) in [5.41, 5.74) is 2.24. The summed E-state index contributed by atoms with van der Waals surface area (Å²) in [5, 5.41) is 2.79. The van der Waals surface area contributed by atoms with Crippen LogP contribution in [0.15, 0.2) is 35.7 Å². The molecular formula is C15H14ClNOS. The summed E-state index contributed by atoms with van der Waals surface area (Å²) < 4.78 is 0. The molecule has 0 radical (unpaired) electrons. The van der Waals surface area contributed by atoms with Gasteiger partial charge in [0.05, 0.1) is 6.04 Å². The summed E-state index contributed by atoms with van der Waals surface area (Å²) >= 11 is 8.02. The largest absolute Gasteiger partial charge is 0.301 e. The standard InChI is InChI=1S/C15H14ClNOS/c16-13-4-2-1-3-12(13)14(10-18)17-7-5-15-11(9-17)6-8-19-15/h1-4,6,8,10,14H,5,7,9H2. The number of thiophene rings is 1. The van der Waals surface area contributed by atoms with Crippen LogP contribution in [0.4, 0.5) is 0 Å². The number of carbonyl (C=O) groups is 1. The lowest BCUT2D eigenvalue weighted by atomic mass is 10.0. The molecule has 0 bridgehead atoms. The third kappa shape index (κ3) is 2.46. The van der Waals surface area contributed by atoms with Crippen LogP contribution in [0.25, 0.3) is 0 Å². The summed E-state index contributed by atoms with van der Waals surface area (Å²) in [4.78, 5) is 15.2. The van der Waals surface area contributed by atoms with Crippen LogP contribution in [0.5, 0.6) is 0 Å². The maximum absolute atomic E-state index is 11.5. The Morgan fingerprint density at radius 3 is 2.95 bits per heavy atom. The molecule has 0 aliphatic carbocycles. The molecule has 1 aromatic carbocycles. The van der Waals surface area contributed by atoms with Crippen LogP contribution >= 0.6 is 22.9 Å². The fourth-order valence-electron chi connectivity index (χ4n) is 2.58. The normalized spacial score (nSPS) is 16.9. The first-order chi connectivity index (χ1) is 9.29. The van der Waals surface area contributed by atoms with Crippen molar-refractivity contribution in [1.82, 2.24) is 4.90 Å². The first-order valence-corrected chi connectivity index (χ1v) is 7.54. The molecule has 3 rings (SSSR count). The first-order valence-electron chi connectivity index (χ1n) is 6.28. The van der Waals surface area contributed by atoms with Gasteiger partial charge in [0.1, 0.15) is 6.29 Å². The van der Waals surface area contributed by atoms with Gasteiger partial charge in [0.25, 0.3) is 0 Å². The van der Waals surface area contributed by atoms with Crippen molar-refractivity contribution in [3.63, 3.8) is 0 Å². The molecule has 1 unspecified atom stereocenters. The lowest BCUT2D eigenvalue weighted by Gasteiger charge is -2.32. The summed E-state index contributed by atoms with van der Waals surface area (Å²) in [7, 11) is 0. The van der Waals surface area contributed by atoms with E-state index in [1.807, 2.05) is 24.3 Å². The van der Waals surface area contributed by atoms with Crippen molar-refractivity contribution < 1.29 is 4.79 Å². The van der Waals surface area contributed by atoms with Crippen molar-refractivity contribution in [3.05, 3.63) is 56.7 Å². The van der Waals surface area contributed by atoms with Crippen LogP contribution in [0.2, 0.25) is 5.02 Å². The Balaban J connectivity index is 1.89. The van der Waals surface area contributed by atoms with Crippen molar-refractivity contribution in [2.24, 2.45) is 0 Å². The Morgan fingerprint density at radius 2 is 2.16 bits per heavy atom. The first kappa shape index (κ1) is 12.9. The van der Waals surface area contributed by atoms with Crippen LogP contribution in [0.1, 0.15) is 22.0 Å². The molecule has 4 heteroatoms. The molecule has 1 aliphatic heterocycles. The molecule has 0 fully saturated rings. The van der Waals surface area contributed by atoms with E-state index < -0.39 is 0 Å². The van der Waals surface area contributed by atoms with E-state index in [4.69, 9.17) is 11.6 Å². The molecule has 2 aromatic rings. The molecule has 19 heavy (non-hydrogen) atoms. The zero-order valence-electron chi connectivity index (χ0n) is 10.4. The van der Waals surface area contributed by atoms with Crippen LogP contribution < -0.4 is 0 Å². The third-order valence-corrected chi connectivity index (χ3v) is 4.95. The second kappa shape index (κ2) is 5.45. The van der Waals surface area contributed by atoms with E-state index in [1.54, 1.807) is 11.3 Å². The Morgan fingerprint density at radius 1 is 1.32 bits per heavy atom. The maximum Gasteiger partial charge on any atom is 0.141 e. The minimum Gasteiger partial charge on any atom is -0.301 e. The van der Waals surface area contributed by atoms with E-state index in [0.717, 1.165) is 31.4 Å². The smallest absolute Gasteiger partial charge is 0.141 e. The van der Waals surface area contributed by atoms with Gasteiger partial charge in [-0.05, 0) is 35.1 Å². The van der Waals surface area contributed by atoms with E-state index in [1.165, 1.54) is 10.4 Å². The van der Waals surface area contributed by atoms with Crippen LogP contribution in [-0.2, 0) is 17.8 Å². The number of nitrogens with zero attached hydrogens (tertiary/aromatic N) is 1. The molecule has 0 saturated carbocycles. The lowest BCUT2D eigenvalue weighted by Crippen LogP contribution is -2.34. The predicted octanol–water partition coefficient (Wildman–Crippen LogP) is 3.70. The number of fused-ring (bicyclic) bond motifs is 1. The lowest BCUT2D eigenvalue weighted by molar-refractivity contribution is -0.113. The number of halogens is 1. The molecule has 1 aliphatic rings. The highest BCUT2D eigenvalue weighted by atomic mass is 35.5. The summed E-state index contributed by atoms with van der Waals surface area (Å²) in [6.07, 6.45) is 2.01. The highest BCUT2D eigenvalue weighted by molar-refractivity contribution is 7.10. The van der Waals surface area contributed by atoms with Crippen molar-refractivity contribution >= 4 is 29.2 Å². The minimum atomic E-state index is -0.248. The zero-order chi connectivity index (χ0) is 13.2. The topological polar surface area (TPSA) is 20.3 Å². The number of hydrogen-bond donors (Lipinski definition) is 0. The van der Waals surface area contributed by atoms with Crippen LogP contribution in [-0.4, -0.2) is 17.7 Å². The second-order valence-corrected chi connectivity index (χ2v) is 6.10. The molecule has 0 amide bonds. The molecular weight excluding hydrogens is 278 g/mol. The van der Waals surface area contributed by atoms with Crippen LogP contribution in [0.3, 0.4) is 0 Å². The van der Waals surface area contributed by atoms with Crippen molar-refractivity contribution in [3.8, 4) is 0 Å². The van der Waals surface area contributed by atoms with Gasteiger partial charge >= 0.3 is 0 Å². The van der Waals surface area contributed by atoms with Crippen molar-refractivity contribution in [2.75, 3.05) is 6.54 Å². The summed E-state index contributed by atoms with van der Waals surface area (Å²) in [6.45, 7) is 1.73. The highest BCUT2D eigenvalue weighted by Crippen LogP contribution is 2.32. The Labute approximate surface area is 121 Å². The maximum atomic E-state index is 11.5. The predicted molar refractivity (Wildman–Crippen MR) is 78.7 cm³/mol. The molecule has 1 atom stereocenters. The van der Waals surface area contributed by atoms with Gasteiger partial charge in [0.15, 0.2) is 0 Å². The molecule has 98 valence electrons. The SMILES string of the molecule is O=CC(c1ccccc1Cl)N1CCc2sccc2C1. The Bertz CT molecular complexity index is 595. The molecule has 2 nitrogen and oxygen atoms in total. The fourth-order valence-corrected chi connectivity index (χ4v) is 3.72. The van der Waals surface area contributed by atoms with E-state index in [9.17, 15) is 4.79 Å². The number of hydrogen-bond acceptors (Lipinski definition) is 3. The summed E-state index contributed by atoms with van der Waals surface area (Å²) in [6, 6.07) is 9.50. The molecule has 0 N–H and O–H groups in total. The second-order valence-electron chi connectivity index (χ2n) is 4.69. The van der Waals surface area contributed by atoms with Gasteiger partial charge < -0.3 is 4.79 Å². The number of aldehydes is 1. The van der Waals surface area contributed by atoms with Crippen LogP contribution in [0, 0.1) is 0 Å². The molecule has 0 saturated heterocycles. The monoisotopic (exact) mass is 291 g/mol. The number of rotatable bonds is 3. The van der Waals surface area contributed by atoms with Gasteiger partial charge in [-0.3, -0.25) is 4.90 Å². The molecule has 1 aromatic heterocycles. The van der Waals surface area contributed by atoms with Gasteiger partial charge in [0, 0.05) is 23.0 Å². The highest BCUT2D eigenvalue weighted by Gasteiger charge is 2.26. The van der Waals surface area contributed by atoms with Gasteiger partial charge in [0.2, 0.25) is 0 Å². The fraction of sp³-hybridized carbons (Fsp3) is 0.267. The summed E-state index contributed by atoms with van der Waals surface area (Å²) in [5.74, 6) is 0. The van der Waals surface area contributed by atoms with Crippen molar-refractivity contribution in [2.45, 2.75) is 19.0 Å². The number of benzene rings is 1. The number of carbonyl (C=O) groups excluding carboxylic acids is 1. The van der Waals surface area contributed by atoms with E-state index in [2.05, 4.69) is 16.3 Å². The molecule has 2 heterocycles. The Hall–Kier alpha value is -1.16. The third-order valence-electron chi connectivity index (χ3n) is 3.58. The Kier molecular flexibility index (Phi) is 3.69.